The van der Waals surface area contributed by atoms with E-state index in [1.807, 2.05) is 6.07 Å². The number of aromatic hydroxyl groups is 1. The zero-order valence-corrected chi connectivity index (χ0v) is 19.8. The summed E-state index contributed by atoms with van der Waals surface area (Å²) in [7, 11) is 0. The van der Waals surface area contributed by atoms with Gasteiger partial charge in [-0.1, -0.05) is 46.5 Å². The van der Waals surface area contributed by atoms with Crippen LogP contribution >= 0.6 is 0 Å². The molecule has 1 aliphatic carbocycles. The normalized spacial score (nSPS) is 25.1. The summed E-state index contributed by atoms with van der Waals surface area (Å²) < 4.78 is 6.52. The third kappa shape index (κ3) is 4.78. The monoisotopic (exact) mass is 415 g/mol. The number of carbonyl (C=O) groups is 1. The molecule has 1 heterocycles. The van der Waals surface area contributed by atoms with Gasteiger partial charge in [-0.05, 0) is 68.6 Å². The first-order chi connectivity index (χ1) is 14.0. The third-order valence-corrected chi connectivity index (χ3v) is 7.45. The first-order valence-corrected chi connectivity index (χ1v) is 11.9. The fourth-order valence-corrected chi connectivity index (χ4v) is 5.70. The van der Waals surface area contributed by atoms with Gasteiger partial charge in [0.1, 0.15) is 17.1 Å². The molecule has 4 nitrogen and oxygen atoms in total. The second-order valence-electron chi connectivity index (χ2n) is 10.7. The van der Waals surface area contributed by atoms with Crippen LogP contribution in [0.3, 0.4) is 0 Å². The highest BCUT2D eigenvalue weighted by Crippen LogP contribution is 2.55. The molecule has 0 aromatic heterocycles. The smallest absolute Gasteiger partial charge is 0.217 e. The van der Waals surface area contributed by atoms with Crippen molar-refractivity contribution < 1.29 is 14.6 Å². The number of amides is 1. The van der Waals surface area contributed by atoms with Gasteiger partial charge in [0.15, 0.2) is 0 Å². The number of hydrogen-bond donors (Lipinski definition) is 2. The van der Waals surface area contributed by atoms with E-state index >= 15 is 0 Å². The van der Waals surface area contributed by atoms with Crippen LogP contribution in [0.4, 0.5) is 0 Å². The van der Waals surface area contributed by atoms with Crippen LogP contribution in [0.1, 0.15) is 110 Å². The minimum absolute atomic E-state index is 0.00408. The topological polar surface area (TPSA) is 58.6 Å². The highest BCUT2D eigenvalue weighted by Gasteiger charge is 2.48. The molecule has 1 amide bonds. The Morgan fingerprint density at radius 3 is 2.63 bits per heavy atom. The van der Waals surface area contributed by atoms with Gasteiger partial charge in [-0.15, -0.1) is 0 Å². The van der Waals surface area contributed by atoms with Crippen LogP contribution in [0.25, 0.3) is 0 Å². The van der Waals surface area contributed by atoms with Gasteiger partial charge in [0.05, 0.1) is 0 Å². The molecule has 2 aliphatic rings. The van der Waals surface area contributed by atoms with Gasteiger partial charge in [0.25, 0.3) is 0 Å². The molecule has 1 aliphatic heterocycles. The van der Waals surface area contributed by atoms with Gasteiger partial charge >= 0.3 is 0 Å². The van der Waals surface area contributed by atoms with Crippen LogP contribution in [0.5, 0.6) is 11.5 Å². The van der Waals surface area contributed by atoms with E-state index in [1.165, 1.54) is 25.7 Å². The Morgan fingerprint density at radius 1 is 1.23 bits per heavy atom. The molecule has 2 unspecified atom stereocenters. The Balaban J connectivity index is 1.90. The zero-order valence-electron chi connectivity index (χ0n) is 19.8. The molecule has 1 fully saturated rings. The van der Waals surface area contributed by atoms with Gasteiger partial charge in [0, 0.05) is 24.4 Å². The summed E-state index contributed by atoms with van der Waals surface area (Å²) >= 11 is 0. The Hall–Kier alpha value is -1.71. The maximum absolute atomic E-state index is 11.6. The lowest BCUT2D eigenvalue weighted by atomic mass is 9.65. The average Bonchev–Trinajstić information content (AvgIpc) is 2.63. The summed E-state index contributed by atoms with van der Waals surface area (Å²) in [4.78, 5) is 11.6. The van der Waals surface area contributed by atoms with Crippen molar-refractivity contribution in [1.82, 2.24) is 5.32 Å². The summed E-state index contributed by atoms with van der Waals surface area (Å²) in [6.07, 6.45) is 8.90. The molecule has 3 rings (SSSR count). The lowest BCUT2D eigenvalue weighted by Crippen LogP contribution is -2.50. The maximum Gasteiger partial charge on any atom is 0.217 e. The molecule has 1 saturated carbocycles. The predicted molar refractivity (Wildman–Crippen MR) is 122 cm³/mol. The fraction of sp³-hybridized carbons (Fsp3) is 0.731. The van der Waals surface area contributed by atoms with Crippen molar-refractivity contribution in [3.8, 4) is 11.5 Å². The van der Waals surface area contributed by atoms with E-state index < -0.39 is 0 Å². The summed E-state index contributed by atoms with van der Waals surface area (Å²) in [5, 5.41) is 14.2. The molecule has 1 aromatic carbocycles. The Labute approximate surface area is 182 Å². The Morgan fingerprint density at radius 2 is 1.97 bits per heavy atom. The fourth-order valence-electron chi connectivity index (χ4n) is 5.70. The largest absolute Gasteiger partial charge is 0.508 e. The van der Waals surface area contributed by atoms with Gasteiger partial charge in [-0.2, -0.15) is 0 Å². The minimum Gasteiger partial charge on any atom is -0.508 e. The molecule has 0 radical (unpaired) electrons. The summed E-state index contributed by atoms with van der Waals surface area (Å²) in [6, 6.07) is 4.31. The van der Waals surface area contributed by atoms with E-state index in [-0.39, 0.29) is 28.9 Å². The molecule has 168 valence electrons. The Bertz CT molecular complexity index is 768. The molecule has 4 heteroatoms. The number of unbranched alkanes of at least 4 members (excludes halogenated alkanes) is 3. The van der Waals surface area contributed by atoms with Crippen LogP contribution in [-0.2, 0) is 10.2 Å². The van der Waals surface area contributed by atoms with Crippen LogP contribution in [0.2, 0.25) is 0 Å². The molecule has 0 spiro atoms. The average molecular weight is 416 g/mol. The van der Waals surface area contributed by atoms with Crippen molar-refractivity contribution in [2.75, 3.05) is 0 Å². The molecule has 1 aromatic rings. The van der Waals surface area contributed by atoms with E-state index in [1.54, 1.807) is 6.92 Å². The van der Waals surface area contributed by atoms with Crippen molar-refractivity contribution in [3.05, 3.63) is 23.3 Å². The van der Waals surface area contributed by atoms with E-state index in [4.69, 9.17) is 4.74 Å². The Kier molecular flexibility index (Phi) is 6.74. The maximum atomic E-state index is 11.6. The molecule has 0 saturated heterocycles. The number of phenolic OH excluding ortho intramolecular Hbond substituents is 1. The molecule has 2 N–H and O–H groups in total. The number of fused-ring (bicyclic) bond motifs is 3. The molecule has 0 bridgehead atoms. The molecule has 30 heavy (non-hydrogen) atoms. The van der Waals surface area contributed by atoms with Gasteiger partial charge in [-0.25, -0.2) is 0 Å². The molecular weight excluding hydrogens is 374 g/mol. The number of nitrogens with one attached hydrogen (secondary N) is 1. The van der Waals surface area contributed by atoms with Crippen LogP contribution < -0.4 is 10.1 Å². The second-order valence-corrected chi connectivity index (χ2v) is 10.7. The van der Waals surface area contributed by atoms with Crippen molar-refractivity contribution in [2.24, 2.45) is 5.92 Å². The SMILES string of the molecule is CCCCCCC(C)(C)c1cc(O)c2c(c1)OC(C)(C)C1CC[C@@H](NC(C)=O)CC21. The predicted octanol–water partition coefficient (Wildman–Crippen LogP) is 6.20. The standard InChI is InChI=1S/C26H41NO3/c1-7-8-9-10-13-25(3,4)18-14-22(29)24-20-16-19(27-17(2)28)11-12-21(20)26(5,6)30-23(24)15-18/h14-15,19-21,29H,7-13,16H2,1-6H3,(H,27,28)/t19-,20?,21?/m1/s1. The number of phenols is 1. The van der Waals surface area contributed by atoms with E-state index in [0.717, 1.165) is 42.6 Å². The van der Waals surface area contributed by atoms with Crippen molar-refractivity contribution in [3.63, 3.8) is 0 Å². The van der Waals surface area contributed by atoms with E-state index in [9.17, 15) is 9.90 Å². The van der Waals surface area contributed by atoms with Crippen molar-refractivity contribution in [1.29, 1.82) is 0 Å². The number of ether oxygens (including phenoxy) is 1. The second kappa shape index (κ2) is 8.80. The van der Waals surface area contributed by atoms with Crippen LogP contribution in [0, 0.1) is 5.92 Å². The van der Waals surface area contributed by atoms with E-state index in [0.29, 0.717) is 11.7 Å². The highest BCUT2D eigenvalue weighted by atomic mass is 16.5. The first-order valence-electron chi connectivity index (χ1n) is 11.9. The number of benzene rings is 1. The number of carbonyl (C=O) groups excluding carboxylic acids is 1. The lowest BCUT2D eigenvalue weighted by Gasteiger charge is -2.49. The first kappa shape index (κ1) is 23.0. The molecular formula is C26H41NO3. The quantitative estimate of drug-likeness (QED) is 0.521. The van der Waals surface area contributed by atoms with Gasteiger partial charge < -0.3 is 15.2 Å². The number of rotatable bonds is 7. The van der Waals surface area contributed by atoms with Crippen LogP contribution in [0.15, 0.2) is 12.1 Å². The van der Waals surface area contributed by atoms with Gasteiger partial charge in [0.2, 0.25) is 5.91 Å². The summed E-state index contributed by atoms with van der Waals surface area (Å²) in [5.41, 5.74) is 1.81. The highest BCUT2D eigenvalue weighted by molar-refractivity contribution is 5.73. The van der Waals surface area contributed by atoms with Crippen LogP contribution in [-0.4, -0.2) is 22.7 Å². The van der Waals surface area contributed by atoms with Crippen molar-refractivity contribution >= 4 is 5.91 Å². The lowest BCUT2D eigenvalue weighted by molar-refractivity contribution is -0.120. The molecule has 3 atom stereocenters. The zero-order chi connectivity index (χ0) is 22.1. The minimum atomic E-state index is -0.283. The van der Waals surface area contributed by atoms with E-state index in [2.05, 4.69) is 46.0 Å². The summed E-state index contributed by atoms with van der Waals surface area (Å²) in [5.74, 6) is 1.76. The van der Waals surface area contributed by atoms with Crippen molar-refractivity contribution in [2.45, 2.75) is 116 Å². The number of hydrogen-bond acceptors (Lipinski definition) is 3. The summed E-state index contributed by atoms with van der Waals surface area (Å²) in [6.45, 7) is 12.7. The van der Waals surface area contributed by atoms with Gasteiger partial charge in [-0.3, -0.25) is 4.79 Å². The third-order valence-electron chi connectivity index (χ3n) is 7.45.